The first-order valence-electron chi connectivity index (χ1n) is 3.84. The molecule has 1 unspecified atom stereocenters. The zero-order valence-electron chi connectivity index (χ0n) is 6.45. The van der Waals surface area contributed by atoms with Crippen LogP contribution in [-0.4, -0.2) is 25.2 Å². The molecule has 11 heavy (non-hydrogen) atoms. The average molecular weight is 158 g/mol. The third-order valence-corrected chi connectivity index (χ3v) is 2.10. The maximum atomic E-state index is 10.7. The summed E-state index contributed by atoms with van der Waals surface area (Å²) < 4.78 is 5.12. The van der Waals surface area contributed by atoms with Crippen molar-refractivity contribution < 1.29 is 9.53 Å². The van der Waals surface area contributed by atoms with E-state index in [0.717, 1.165) is 12.8 Å². The van der Waals surface area contributed by atoms with Crippen molar-refractivity contribution >= 4 is 5.91 Å². The van der Waals surface area contributed by atoms with E-state index in [9.17, 15) is 4.79 Å². The Morgan fingerprint density at radius 3 is 2.45 bits per heavy atom. The summed E-state index contributed by atoms with van der Waals surface area (Å²) in [6.07, 6.45) is 1.70. The van der Waals surface area contributed by atoms with Crippen LogP contribution in [0, 0.1) is 5.92 Å². The Kier molecular flexibility index (Phi) is 2.84. The number of ether oxygens (including phenoxy) is 1. The number of hydrogen-bond acceptors (Lipinski definition) is 3. The molecule has 0 aromatic carbocycles. The predicted molar refractivity (Wildman–Crippen MR) is 40.7 cm³/mol. The van der Waals surface area contributed by atoms with Crippen LogP contribution in [0.25, 0.3) is 0 Å². The van der Waals surface area contributed by atoms with E-state index in [-0.39, 0.29) is 5.92 Å². The maximum absolute atomic E-state index is 10.7. The highest BCUT2D eigenvalue weighted by atomic mass is 16.5. The van der Waals surface area contributed by atoms with E-state index in [1.807, 2.05) is 0 Å². The molecule has 0 radical (unpaired) electrons. The van der Waals surface area contributed by atoms with Gasteiger partial charge in [-0.05, 0) is 18.8 Å². The molecule has 1 atom stereocenters. The van der Waals surface area contributed by atoms with Gasteiger partial charge in [0.1, 0.15) is 0 Å². The molecule has 1 rings (SSSR count). The Hall–Kier alpha value is -0.610. The largest absolute Gasteiger partial charge is 0.381 e. The zero-order valence-corrected chi connectivity index (χ0v) is 6.45. The molecule has 4 nitrogen and oxygen atoms in total. The normalized spacial score (nSPS) is 23.0. The quantitative estimate of drug-likeness (QED) is 0.553. The van der Waals surface area contributed by atoms with Gasteiger partial charge in [-0.15, -0.1) is 0 Å². The molecular weight excluding hydrogens is 144 g/mol. The molecule has 0 saturated carbocycles. The molecule has 0 aromatic rings. The molecular formula is C7H14N2O2. The second kappa shape index (κ2) is 3.69. The standard InChI is InChI=1S/C7H14N2O2/c8-6(7(9)10)5-1-3-11-4-2-5/h5-6H,1-4,8H2,(H2,9,10). The summed E-state index contributed by atoms with van der Waals surface area (Å²) in [7, 11) is 0. The Bertz CT molecular complexity index is 143. The molecule has 0 bridgehead atoms. The first-order valence-corrected chi connectivity index (χ1v) is 3.84. The smallest absolute Gasteiger partial charge is 0.234 e. The number of nitrogens with two attached hydrogens (primary N) is 2. The average Bonchev–Trinajstić information content (AvgIpc) is 2.05. The predicted octanol–water partition coefficient (Wildman–Crippen LogP) is -0.774. The van der Waals surface area contributed by atoms with E-state index >= 15 is 0 Å². The minimum absolute atomic E-state index is 0.223. The molecule has 1 aliphatic rings. The molecule has 1 fully saturated rings. The molecule has 1 amide bonds. The van der Waals surface area contributed by atoms with Crippen LogP contribution in [0.15, 0.2) is 0 Å². The van der Waals surface area contributed by atoms with Gasteiger partial charge in [-0.3, -0.25) is 4.79 Å². The first kappa shape index (κ1) is 8.49. The van der Waals surface area contributed by atoms with Gasteiger partial charge >= 0.3 is 0 Å². The summed E-state index contributed by atoms with van der Waals surface area (Å²) in [4.78, 5) is 10.7. The fourth-order valence-corrected chi connectivity index (χ4v) is 1.31. The molecule has 64 valence electrons. The molecule has 1 heterocycles. The summed E-state index contributed by atoms with van der Waals surface area (Å²) in [6, 6.07) is -0.487. The van der Waals surface area contributed by atoms with Crippen LogP contribution in [-0.2, 0) is 9.53 Å². The molecule has 0 aromatic heterocycles. The lowest BCUT2D eigenvalue weighted by molar-refractivity contribution is -0.121. The lowest BCUT2D eigenvalue weighted by Gasteiger charge is -2.25. The summed E-state index contributed by atoms with van der Waals surface area (Å²) >= 11 is 0. The minimum atomic E-state index is -0.487. The Morgan fingerprint density at radius 1 is 1.45 bits per heavy atom. The third kappa shape index (κ3) is 2.17. The van der Waals surface area contributed by atoms with Crippen LogP contribution in [0.5, 0.6) is 0 Å². The van der Waals surface area contributed by atoms with E-state index in [4.69, 9.17) is 16.2 Å². The lowest BCUT2D eigenvalue weighted by Crippen LogP contribution is -2.44. The topological polar surface area (TPSA) is 78.3 Å². The Labute approximate surface area is 65.9 Å². The number of amides is 1. The number of carbonyl (C=O) groups excluding carboxylic acids is 1. The lowest BCUT2D eigenvalue weighted by atomic mass is 9.92. The van der Waals surface area contributed by atoms with Gasteiger partial charge in [0.05, 0.1) is 6.04 Å². The van der Waals surface area contributed by atoms with Crippen LogP contribution in [0.1, 0.15) is 12.8 Å². The van der Waals surface area contributed by atoms with Gasteiger partial charge in [0.15, 0.2) is 0 Å². The highest BCUT2D eigenvalue weighted by Gasteiger charge is 2.24. The van der Waals surface area contributed by atoms with Gasteiger partial charge in [-0.25, -0.2) is 0 Å². The van der Waals surface area contributed by atoms with Crippen LogP contribution in [0.2, 0.25) is 0 Å². The van der Waals surface area contributed by atoms with Gasteiger partial charge < -0.3 is 16.2 Å². The second-order valence-electron chi connectivity index (χ2n) is 2.88. The first-order chi connectivity index (χ1) is 5.22. The molecule has 4 heteroatoms. The number of hydrogen-bond donors (Lipinski definition) is 2. The fourth-order valence-electron chi connectivity index (χ4n) is 1.31. The molecule has 1 aliphatic heterocycles. The number of rotatable bonds is 2. The zero-order chi connectivity index (χ0) is 8.27. The van der Waals surface area contributed by atoms with Crippen molar-refractivity contribution in [2.75, 3.05) is 13.2 Å². The van der Waals surface area contributed by atoms with Crippen molar-refractivity contribution in [3.63, 3.8) is 0 Å². The van der Waals surface area contributed by atoms with Gasteiger partial charge in [-0.1, -0.05) is 0 Å². The van der Waals surface area contributed by atoms with Crippen molar-refractivity contribution in [3.05, 3.63) is 0 Å². The Morgan fingerprint density at radius 2 is 2.00 bits per heavy atom. The van der Waals surface area contributed by atoms with Crippen LogP contribution in [0.4, 0.5) is 0 Å². The van der Waals surface area contributed by atoms with Crippen molar-refractivity contribution in [3.8, 4) is 0 Å². The highest BCUT2D eigenvalue weighted by Crippen LogP contribution is 2.16. The van der Waals surface area contributed by atoms with Crippen molar-refractivity contribution in [1.82, 2.24) is 0 Å². The summed E-state index contributed by atoms with van der Waals surface area (Å²) in [5.41, 5.74) is 10.6. The third-order valence-electron chi connectivity index (χ3n) is 2.10. The van der Waals surface area contributed by atoms with Crippen molar-refractivity contribution in [1.29, 1.82) is 0 Å². The van der Waals surface area contributed by atoms with Crippen LogP contribution in [0.3, 0.4) is 0 Å². The van der Waals surface area contributed by atoms with Gasteiger partial charge in [0, 0.05) is 13.2 Å². The minimum Gasteiger partial charge on any atom is -0.381 e. The summed E-state index contributed by atoms with van der Waals surface area (Å²) in [5, 5.41) is 0. The molecule has 1 saturated heterocycles. The number of carbonyl (C=O) groups is 1. The Balaban J connectivity index is 2.38. The fraction of sp³-hybridized carbons (Fsp3) is 0.857. The van der Waals surface area contributed by atoms with Gasteiger partial charge in [0.25, 0.3) is 0 Å². The van der Waals surface area contributed by atoms with Crippen LogP contribution >= 0.6 is 0 Å². The highest BCUT2D eigenvalue weighted by molar-refractivity contribution is 5.79. The van der Waals surface area contributed by atoms with Crippen LogP contribution < -0.4 is 11.5 Å². The monoisotopic (exact) mass is 158 g/mol. The van der Waals surface area contributed by atoms with Crippen molar-refractivity contribution in [2.45, 2.75) is 18.9 Å². The van der Waals surface area contributed by atoms with E-state index < -0.39 is 11.9 Å². The molecule has 0 spiro atoms. The molecule has 0 aliphatic carbocycles. The molecule has 4 N–H and O–H groups in total. The maximum Gasteiger partial charge on any atom is 0.234 e. The van der Waals surface area contributed by atoms with Gasteiger partial charge in [0.2, 0.25) is 5.91 Å². The van der Waals surface area contributed by atoms with E-state index in [1.165, 1.54) is 0 Å². The second-order valence-corrected chi connectivity index (χ2v) is 2.88. The summed E-state index contributed by atoms with van der Waals surface area (Å²) in [6.45, 7) is 1.40. The van der Waals surface area contributed by atoms with E-state index in [0.29, 0.717) is 13.2 Å². The summed E-state index contributed by atoms with van der Waals surface area (Å²) in [5.74, 6) is -0.182. The van der Waals surface area contributed by atoms with E-state index in [2.05, 4.69) is 0 Å². The van der Waals surface area contributed by atoms with E-state index in [1.54, 1.807) is 0 Å². The van der Waals surface area contributed by atoms with Crippen molar-refractivity contribution in [2.24, 2.45) is 17.4 Å². The SMILES string of the molecule is NC(=O)C(N)C1CCOCC1. The number of primary amides is 1. The van der Waals surface area contributed by atoms with Gasteiger partial charge in [-0.2, -0.15) is 0 Å².